The van der Waals surface area contributed by atoms with Crippen LogP contribution in [-0.2, 0) is 5.41 Å². The largest absolute Gasteiger partial charge is 0.508 e. The molecule has 31 heavy (non-hydrogen) atoms. The Hall–Kier alpha value is -3.60. The monoisotopic (exact) mass is 410 g/mol. The Morgan fingerprint density at radius 3 is 1.58 bits per heavy atom. The van der Waals surface area contributed by atoms with Crippen molar-refractivity contribution in [1.29, 1.82) is 0 Å². The maximum Gasteiger partial charge on any atom is 0.318 e. The zero-order chi connectivity index (χ0) is 21.6. The number of hydrogen-bond donors (Lipinski definition) is 3. The predicted octanol–water partition coefficient (Wildman–Crippen LogP) is 4.79. The Morgan fingerprint density at radius 1 is 0.645 bits per heavy atom. The highest BCUT2D eigenvalue weighted by atomic mass is 16.8. The van der Waals surface area contributed by atoms with E-state index in [1.165, 1.54) is 18.1 Å². The minimum Gasteiger partial charge on any atom is -0.508 e. The quantitative estimate of drug-likeness (QED) is 0.373. The van der Waals surface area contributed by atoms with Gasteiger partial charge >= 0.3 is 5.97 Å². The van der Waals surface area contributed by atoms with E-state index in [-0.39, 0.29) is 5.75 Å². The fourth-order valence-electron chi connectivity index (χ4n) is 4.73. The van der Waals surface area contributed by atoms with Crippen LogP contribution in [0.15, 0.2) is 97.1 Å². The van der Waals surface area contributed by atoms with Crippen LogP contribution in [0.2, 0.25) is 0 Å². The molecule has 0 amide bonds. The summed E-state index contributed by atoms with van der Waals surface area (Å²) in [6.07, 6.45) is 0. The first kappa shape index (κ1) is 19.4. The van der Waals surface area contributed by atoms with E-state index in [4.69, 9.17) is 4.74 Å². The van der Waals surface area contributed by atoms with E-state index in [0.29, 0.717) is 5.75 Å². The minimum atomic E-state index is -2.25. The molecule has 0 bridgehead atoms. The summed E-state index contributed by atoms with van der Waals surface area (Å²) in [7, 11) is 0. The van der Waals surface area contributed by atoms with Gasteiger partial charge in [0.05, 0.1) is 5.41 Å². The number of hydrogen-bond acceptors (Lipinski definition) is 4. The Bertz CT molecular complexity index is 1190. The second kappa shape index (κ2) is 6.98. The number of rotatable bonds is 4. The van der Waals surface area contributed by atoms with E-state index in [0.717, 1.165) is 22.3 Å². The molecular weight excluding hydrogens is 388 g/mol. The molecule has 0 spiro atoms. The lowest BCUT2D eigenvalue weighted by atomic mass is 9.68. The van der Waals surface area contributed by atoms with Gasteiger partial charge in [0.25, 0.3) is 0 Å². The molecule has 0 aromatic heterocycles. The third kappa shape index (κ3) is 3.08. The average molecular weight is 410 g/mol. The molecule has 1 aliphatic rings. The summed E-state index contributed by atoms with van der Waals surface area (Å²) in [6.45, 7) is 1.17. The standard InChI is InChI=1S/C27H22O4/c1-26(29,30)31-21-16-12-19(13-17-21)27(18-10-14-20(28)15-11-18)24-8-4-2-6-22(24)23-7-3-5-9-25(23)27/h2-17,28-30H,1H3. The van der Waals surface area contributed by atoms with Gasteiger partial charge in [0.15, 0.2) is 0 Å². The second-order valence-corrected chi connectivity index (χ2v) is 7.95. The molecule has 0 saturated carbocycles. The van der Waals surface area contributed by atoms with Gasteiger partial charge in [-0.15, -0.1) is 0 Å². The van der Waals surface area contributed by atoms with Gasteiger partial charge in [0.1, 0.15) is 11.5 Å². The zero-order valence-corrected chi connectivity index (χ0v) is 17.0. The molecule has 154 valence electrons. The molecule has 0 saturated heterocycles. The highest BCUT2D eigenvalue weighted by Crippen LogP contribution is 2.56. The molecule has 4 aromatic carbocycles. The first-order chi connectivity index (χ1) is 14.9. The van der Waals surface area contributed by atoms with Crippen molar-refractivity contribution in [1.82, 2.24) is 0 Å². The number of fused-ring (bicyclic) bond motifs is 3. The van der Waals surface area contributed by atoms with Crippen LogP contribution in [0.25, 0.3) is 11.1 Å². The van der Waals surface area contributed by atoms with Crippen molar-refractivity contribution < 1.29 is 20.1 Å². The van der Waals surface area contributed by atoms with E-state index in [1.807, 2.05) is 48.5 Å². The molecule has 0 heterocycles. The number of aliphatic hydroxyl groups is 2. The van der Waals surface area contributed by atoms with Gasteiger partial charge in [-0.3, -0.25) is 0 Å². The average Bonchev–Trinajstić information content (AvgIpc) is 3.05. The van der Waals surface area contributed by atoms with Gasteiger partial charge in [-0.25, -0.2) is 0 Å². The van der Waals surface area contributed by atoms with Crippen LogP contribution in [0.1, 0.15) is 29.2 Å². The van der Waals surface area contributed by atoms with Crippen molar-refractivity contribution in [3.05, 3.63) is 119 Å². The second-order valence-electron chi connectivity index (χ2n) is 7.95. The summed E-state index contributed by atoms with van der Waals surface area (Å²) in [5.74, 6) is -1.67. The molecule has 0 aliphatic heterocycles. The lowest BCUT2D eigenvalue weighted by molar-refractivity contribution is -0.277. The van der Waals surface area contributed by atoms with Gasteiger partial charge in [0.2, 0.25) is 0 Å². The van der Waals surface area contributed by atoms with Crippen LogP contribution in [0.5, 0.6) is 11.5 Å². The normalized spacial score (nSPS) is 14.0. The lowest BCUT2D eigenvalue weighted by Crippen LogP contribution is -2.31. The van der Waals surface area contributed by atoms with E-state index >= 15 is 0 Å². The molecule has 0 radical (unpaired) electrons. The van der Waals surface area contributed by atoms with Crippen LogP contribution in [0, 0.1) is 0 Å². The van der Waals surface area contributed by atoms with Crippen LogP contribution in [0.4, 0.5) is 0 Å². The maximum absolute atomic E-state index is 9.93. The summed E-state index contributed by atoms with van der Waals surface area (Å²) in [5.41, 5.74) is 6.12. The van der Waals surface area contributed by atoms with Crippen molar-refractivity contribution in [2.24, 2.45) is 0 Å². The molecule has 0 atom stereocenters. The Balaban J connectivity index is 1.80. The van der Waals surface area contributed by atoms with Crippen LogP contribution in [-0.4, -0.2) is 21.3 Å². The Kier molecular flexibility index (Phi) is 4.36. The van der Waals surface area contributed by atoms with Gasteiger partial charge < -0.3 is 20.1 Å². The van der Waals surface area contributed by atoms with E-state index in [1.54, 1.807) is 24.3 Å². The van der Waals surface area contributed by atoms with Crippen molar-refractivity contribution in [3.63, 3.8) is 0 Å². The molecular formula is C27H22O4. The topological polar surface area (TPSA) is 69.9 Å². The predicted molar refractivity (Wildman–Crippen MR) is 119 cm³/mol. The first-order valence-electron chi connectivity index (χ1n) is 10.1. The SMILES string of the molecule is CC(O)(O)Oc1ccc(C2(c3ccc(O)cc3)c3ccccc3-c3ccccc32)cc1. The third-order valence-electron chi connectivity index (χ3n) is 5.85. The molecule has 4 nitrogen and oxygen atoms in total. The zero-order valence-electron chi connectivity index (χ0n) is 17.0. The summed E-state index contributed by atoms with van der Waals surface area (Å²) < 4.78 is 5.19. The molecule has 1 aliphatic carbocycles. The number of phenols is 1. The molecule has 3 N–H and O–H groups in total. The van der Waals surface area contributed by atoms with E-state index in [2.05, 4.69) is 24.3 Å². The highest BCUT2D eigenvalue weighted by molar-refractivity contribution is 5.86. The Labute approximate surface area is 180 Å². The molecule has 5 rings (SSSR count). The van der Waals surface area contributed by atoms with Crippen molar-refractivity contribution >= 4 is 0 Å². The van der Waals surface area contributed by atoms with Gasteiger partial charge in [-0.2, -0.15) is 0 Å². The number of phenolic OH excluding ortho intramolecular Hbond substituents is 1. The van der Waals surface area contributed by atoms with Crippen molar-refractivity contribution in [3.8, 4) is 22.6 Å². The molecule has 0 unspecified atom stereocenters. The van der Waals surface area contributed by atoms with Crippen molar-refractivity contribution in [2.45, 2.75) is 18.3 Å². The van der Waals surface area contributed by atoms with Gasteiger partial charge in [0, 0.05) is 6.92 Å². The van der Waals surface area contributed by atoms with Crippen LogP contribution >= 0.6 is 0 Å². The summed E-state index contributed by atoms with van der Waals surface area (Å²) in [4.78, 5) is 0. The molecule has 4 aromatic rings. The molecule has 4 heteroatoms. The van der Waals surface area contributed by atoms with E-state index in [9.17, 15) is 15.3 Å². The molecule has 0 fully saturated rings. The smallest absolute Gasteiger partial charge is 0.318 e. The fraction of sp³-hybridized carbons (Fsp3) is 0.111. The van der Waals surface area contributed by atoms with Crippen LogP contribution in [0.3, 0.4) is 0 Å². The number of aromatic hydroxyl groups is 1. The van der Waals surface area contributed by atoms with E-state index < -0.39 is 11.4 Å². The lowest BCUT2D eigenvalue weighted by Gasteiger charge is -2.34. The first-order valence-corrected chi connectivity index (χ1v) is 10.1. The summed E-state index contributed by atoms with van der Waals surface area (Å²) >= 11 is 0. The third-order valence-corrected chi connectivity index (χ3v) is 5.85. The van der Waals surface area contributed by atoms with Crippen LogP contribution < -0.4 is 4.74 Å². The summed E-state index contributed by atoms with van der Waals surface area (Å²) in [5, 5.41) is 29.1. The minimum absolute atomic E-state index is 0.215. The highest BCUT2D eigenvalue weighted by Gasteiger charge is 2.45. The Morgan fingerprint density at radius 2 is 1.10 bits per heavy atom. The number of ether oxygens (including phenoxy) is 1. The van der Waals surface area contributed by atoms with Gasteiger partial charge in [-0.05, 0) is 57.6 Å². The van der Waals surface area contributed by atoms with Gasteiger partial charge in [-0.1, -0.05) is 72.8 Å². The maximum atomic E-state index is 9.93. The summed E-state index contributed by atoms with van der Waals surface area (Å²) in [6, 6.07) is 31.4. The number of benzene rings is 4. The fourth-order valence-corrected chi connectivity index (χ4v) is 4.73. The van der Waals surface area contributed by atoms with Crippen molar-refractivity contribution in [2.75, 3.05) is 0 Å².